The molecule has 5 heterocycles. The van der Waals surface area contributed by atoms with E-state index in [1.54, 1.807) is 7.05 Å². The lowest BCUT2D eigenvalue weighted by atomic mass is 9.90. The van der Waals surface area contributed by atoms with Gasteiger partial charge < -0.3 is 10.2 Å². The zero-order valence-electron chi connectivity index (χ0n) is 26.7. The summed E-state index contributed by atoms with van der Waals surface area (Å²) in [5.41, 5.74) is -2.25. The van der Waals surface area contributed by atoms with E-state index in [1.165, 1.54) is 24.6 Å². The van der Waals surface area contributed by atoms with Crippen molar-refractivity contribution in [2.24, 2.45) is 7.05 Å². The van der Waals surface area contributed by atoms with Crippen LogP contribution in [0.25, 0.3) is 22.3 Å². The van der Waals surface area contributed by atoms with E-state index in [1.807, 2.05) is 0 Å². The average molecular weight is 805 g/mol. The monoisotopic (exact) mass is 803 g/mol. The van der Waals surface area contributed by atoms with Crippen LogP contribution in [0.2, 0.25) is 5.15 Å². The number of benzene rings is 1. The average Bonchev–Trinajstić information content (AvgIpc) is 3.73. The number of amides is 2. The number of nitrogens with one attached hydrogen (secondary N) is 1. The number of carbonyl (C=O) groups excluding carboxylic acids is 2. The van der Waals surface area contributed by atoms with Crippen molar-refractivity contribution in [2.75, 3.05) is 6.54 Å². The highest BCUT2D eigenvalue weighted by Gasteiger charge is 2.40. The molecule has 1 N–H and O–H groups in total. The van der Waals surface area contributed by atoms with Crippen molar-refractivity contribution in [3.05, 3.63) is 80.4 Å². The van der Waals surface area contributed by atoms with Crippen molar-refractivity contribution >= 4 is 50.4 Å². The standard InChI is InChI=1S/C31H26BrClF7N9O2/c1-30(2,13-49-22(32)10-21(44-49)31(38,39)40)43-27(50)20(8-14-11-41-48(12-14)29(36)37)47-7-6-15-16(4-5-17(34)23(15)28(47)51)24-18(35)9-19-25(42-24)26(33)45-46(19)3/h4-5,9-12,20,29H,6-8,13H2,1-3H3,(H,43,50)/t20-/m1/s1. The quantitative estimate of drug-likeness (QED) is 0.174. The van der Waals surface area contributed by atoms with Crippen molar-refractivity contribution < 1.29 is 40.3 Å². The Balaban J connectivity index is 1.35. The van der Waals surface area contributed by atoms with Crippen LogP contribution in [0.5, 0.6) is 0 Å². The first kappa shape index (κ1) is 36.3. The normalized spacial score (nSPS) is 14.5. The maximum absolute atomic E-state index is 15.5. The third-order valence-electron chi connectivity index (χ3n) is 8.32. The molecule has 5 aromatic rings. The minimum absolute atomic E-state index is 0.000342. The number of alkyl halides is 5. The Kier molecular flexibility index (Phi) is 9.41. The van der Waals surface area contributed by atoms with Gasteiger partial charge in [0, 0.05) is 43.9 Å². The molecule has 0 saturated heterocycles. The van der Waals surface area contributed by atoms with Crippen LogP contribution in [0, 0.1) is 11.6 Å². The Hall–Kier alpha value is -4.52. The largest absolute Gasteiger partial charge is 0.435 e. The third kappa shape index (κ3) is 7.04. The number of fused-ring (bicyclic) bond motifs is 2. The van der Waals surface area contributed by atoms with Crippen LogP contribution < -0.4 is 5.32 Å². The first-order chi connectivity index (χ1) is 23.8. The number of hydrogen-bond donors (Lipinski definition) is 1. The van der Waals surface area contributed by atoms with Gasteiger partial charge >= 0.3 is 12.7 Å². The molecule has 1 atom stereocenters. The van der Waals surface area contributed by atoms with E-state index < -0.39 is 59.0 Å². The molecule has 0 fully saturated rings. The maximum Gasteiger partial charge on any atom is 0.435 e. The van der Waals surface area contributed by atoms with E-state index in [0.29, 0.717) is 10.2 Å². The van der Waals surface area contributed by atoms with E-state index in [4.69, 9.17) is 11.6 Å². The molecular formula is C31H26BrClF7N9O2. The number of aryl methyl sites for hydroxylation is 1. The number of halogens is 9. The third-order valence-corrected chi connectivity index (χ3v) is 9.22. The highest BCUT2D eigenvalue weighted by molar-refractivity contribution is 9.10. The minimum atomic E-state index is -4.73. The van der Waals surface area contributed by atoms with Gasteiger partial charge in [0.15, 0.2) is 16.7 Å². The van der Waals surface area contributed by atoms with Gasteiger partial charge in [0.05, 0.1) is 29.4 Å². The van der Waals surface area contributed by atoms with Crippen LogP contribution in [0.15, 0.2) is 41.3 Å². The summed E-state index contributed by atoms with van der Waals surface area (Å²) in [5.74, 6) is -3.51. The number of carbonyl (C=O) groups is 2. The molecule has 0 saturated carbocycles. The zero-order chi connectivity index (χ0) is 37.2. The number of nitrogens with zero attached hydrogens (tertiary/aromatic N) is 8. The lowest BCUT2D eigenvalue weighted by molar-refractivity contribution is -0.141. The van der Waals surface area contributed by atoms with Crippen LogP contribution in [-0.2, 0) is 37.4 Å². The smallest absolute Gasteiger partial charge is 0.348 e. The predicted octanol–water partition coefficient (Wildman–Crippen LogP) is 6.34. The van der Waals surface area contributed by atoms with Crippen LogP contribution in [-0.4, -0.2) is 69.2 Å². The molecule has 0 radical (unpaired) electrons. The minimum Gasteiger partial charge on any atom is -0.348 e. The molecule has 51 heavy (non-hydrogen) atoms. The molecule has 11 nitrogen and oxygen atoms in total. The molecule has 6 rings (SSSR count). The fourth-order valence-electron chi connectivity index (χ4n) is 6.04. The maximum atomic E-state index is 15.5. The van der Waals surface area contributed by atoms with Gasteiger partial charge in [-0.2, -0.15) is 37.2 Å². The second-order valence-corrected chi connectivity index (χ2v) is 13.7. The summed E-state index contributed by atoms with van der Waals surface area (Å²) >= 11 is 9.23. The SMILES string of the molecule is Cn1nc(Cl)c2nc(-c3ccc(F)c4c3CCN([C@H](Cc3cnn(C(F)F)c3)C(=O)NC(C)(C)Cn3nc(C(F)(F)F)cc3Br)C4=O)c(F)cc21. The molecule has 1 aromatic carbocycles. The fraction of sp³-hybridized carbons (Fsp3) is 0.355. The van der Waals surface area contributed by atoms with Crippen molar-refractivity contribution in [3.8, 4) is 11.3 Å². The summed E-state index contributed by atoms with van der Waals surface area (Å²) in [5, 5.41) is 13.9. The number of hydrogen-bond acceptors (Lipinski definition) is 6. The summed E-state index contributed by atoms with van der Waals surface area (Å²) < 4.78 is 100. The summed E-state index contributed by atoms with van der Waals surface area (Å²) in [7, 11) is 1.55. The van der Waals surface area contributed by atoms with Gasteiger partial charge in [0.25, 0.3) is 5.91 Å². The second-order valence-electron chi connectivity index (χ2n) is 12.5. The molecule has 0 unspecified atom stereocenters. The lowest BCUT2D eigenvalue weighted by Crippen LogP contribution is -2.58. The van der Waals surface area contributed by atoms with Gasteiger partial charge in [-0.15, -0.1) is 0 Å². The van der Waals surface area contributed by atoms with Crippen LogP contribution in [0.3, 0.4) is 0 Å². The van der Waals surface area contributed by atoms with Gasteiger partial charge in [-0.3, -0.25) is 19.0 Å². The van der Waals surface area contributed by atoms with Crippen LogP contribution in [0.1, 0.15) is 47.6 Å². The molecule has 0 spiro atoms. The van der Waals surface area contributed by atoms with Gasteiger partial charge in [-0.05, 0) is 59.5 Å². The molecule has 1 aliphatic rings. The van der Waals surface area contributed by atoms with Crippen LogP contribution >= 0.6 is 27.5 Å². The van der Waals surface area contributed by atoms with Gasteiger partial charge in [0.1, 0.15) is 27.7 Å². The topological polar surface area (TPSA) is 116 Å². The number of aromatic nitrogens is 7. The molecule has 0 aliphatic carbocycles. The van der Waals surface area contributed by atoms with Crippen molar-refractivity contribution in [2.45, 2.75) is 57.5 Å². The van der Waals surface area contributed by atoms with E-state index in [2.05, 4.69) is 41.5 Å². The number of rotatable bonds is 9. The fourth-order valence-corrected chi connectivity index (χ4v) is 6.71. The highest BCUT2D eigenvalue weighted by Crippen LogP contribution is 2.36. The van der Waals surface area contributed by atoms with Gasteiger partial charge in [-0.1, -0.05) is 11.6 Å². The van der Waals surface area contributed by atoms with Gasteiger partial charge in [-0.25, -0.2) is 18.4 Å². The van der Waals surface area contributed by atoms with E-state index >= 15 is 8.78 Å². The second kappa shape index (κ2) is 13.2. The molecular weight excluding hydrogens is 779 g/mol. The summed E-state index contributed by atoms with van der Waals surface area (Å²) in [4.78, 5) is 33.5. The summed E-state index contributed by atoms with van der Waals surface area (Å²) in [6.45, 7) is -0.440. The predicted molar refractivity (Wildman–Crippen MR) is 172 cm³/mol. The Labute approximate surface area is 297 Å². The number of pyridine rings is 1. The molecule has 1 aliphatic heterocycles. The Morgan fingerprint density at radius 3 is 2.49 bits per heavy atom. The Bertz CT molecular complexity index is 2180. The molecule has 2 amide bonds. The highest BCUT2D eigenvalue weighted by atomic mass is 79.9. The van der Waals surface area contributed by atoms with E-state index in [9.17, 15) is 31.5 Å². The van der Waals surface area contributed by atoms with Crippen LogP contribution in [0.4, 0.5) is 30.7 Å². The van der Waals surface area contributed by atoms with Crippen molar-refractivity contribution in [3.63, 3.8) is 0 Å². The molecule has 4 aromatic heterocycles. The molecule has 0 bridgehead atoms. The summed E-state index contributed by atoms with van der Waals surface area (Å²) in [6, 6.07) is 2.75. The van der Waals surface area contributed by atoms with Gasteiger partial charge in [0.2, 0.25) is 5.91 Å². The first-order valence-corrected chi connectivity index (χ1v) is 16.3. The zero-order valence-corrected chi connectivity index (χ0v) is 29.1. The Morgan fingerprint density at radius 1 is 1.12 bits per heavy atom. The van der Waals surface area contributed by atoms with E-state index in [0.717, 1.165) is 40.2 Å². The Morgan fingerprint density at radius 2 is 1.84 bits per heavy atom. The summed E-state index contributed by atoms with van der Waals surface area (Å²) in [6.07, 6.45) is -3.06. The first-order valence-electron chi connectivity index (χ1n) is 15.1. The molecule has 20 heteroatoms. The van der Waals surface area contributed by atoms with E-state index in [-0.39, 0.29) is 63.6 Å². The molecule has 270 valence electrons. The van der Waals surface area contributed by atoms with Crippen molar-refractivity contribution in [1.82, 2.24) is 44.5 Å². The van der Waals surface area contributed by atoms with Crippen molar-refractivity contribution in [1.29, 1.82) is 0 Å². The lowest BCUT2D eigenvalue weighted by Gasteiger charge is -2.37.